The molecule has 1 N–H and O–H groups in total. The van der Waals surface area contributed by atoms with Crippen molar-refractivity contribution in [1.29, 1.82) is 0 Å². The number of carbonyl (C=O) groups excluding carboxylic acids is 1. The fourth-order valence-electron chi connectivity index (χ4n) is 3.49. The van der Waals surface area contributed by atoms with Crippen LogP contribution in [0.4, 0.5) is 0 Å². The maximum Gasteiger partial charge on any atom is 0.253 e. The van der Waals surface area contributed by atoms with Crippen molar-refractivity contribution in [3.8, 4) is 0 Å². The summed E-state index contributed by atoms with van der Waals surface area (Å²) in [5.74, 6) is -0.391. The second-order valence-electron chi connectivity index (χ2n) is 7.40. The molecular weight excluding hydrogens is 408 g/mol. The lowest BCUT2D eigenvalue weighted by Crippen LogP contribution is -2.35. The Bertz CT molecular complexity index is 968. The molecule has 0 bridgehead atoms. The maximum atomic E-state index is 12.9. The van der Waals surface area contributed by atoms with Crippen LogP contribution in [0, 0.1) is 0 Å². The van der Waals surface area contributed by atoms with E-state index >= 15 is 0 Å². The topological polar surface area (TPSA) is 66.5 Å². The molecule has 7 heteroatoms. The number of nitrogens with one attached hydrogen (secondary N) is 1. The first kappa shape index (κ1) is 21.8. The summed E-state index contributed by atoms with van der Waals surface area (Å²) < 4.78 is 27.3. The minimum Gasteiger partial charge on any atom is -0.345 e. The standard InChI is InChI=1S/C22H27ClN2O3S/c1-3-17-7-9-18(10-8-17)16(2)24-22(26)20-15-19(11-12-21(20)23)29(27,28)25-13-5-4-6-14-25/h7-12,15-16H,3-6,13-14H2,1-2H3,(H,24,26). The summed E-state index contributed by atoms with van der Waals surface area (Å²) in [6.45, 7) is 5.00. The molecule has 1 amide bonds. The third-order valence-corrected chi connectivity index (χ3v) is 7.60. The monoisotopic (exact) mass is 434 g/mol. The highest BCUT2D eigenvalue weighted by Crippen LogP contribution is 2.26. The van der Waals surface area contributed by atoms with Crippen molar-refractivity contribution in [3.63, 3.8) is 0 Å². The molecular formula is C22H27ClN2O3S. The number of aryl methyl sites for hydroxylation is 1. The number of nitrogens with zero attached hydrogens (tertiary/aromatic N) is 1. The van der Waals surface area contributed by atoms with Crippen molar-refractivity contribution in [2.24, 2.45) is 0 Å². The smallest absolute Gasteiger partial charge is 0.253 e. The lowest BCUT2D eigenvalue weighted by atomic mass is 10.0. The van der Waals surface area contributed by atoms with Gasteiger partial charge < -0.3 is 5.32 Å². The minimum atomic E-state index is -3.63. The fourth-order valence-corrected chi connectivity index (χ4v) is 5.24. The number of sulfonamides is 1. The average Bonchev–Trinajstić information content (AvgIpc) is 2.74. The lowest BCUT2D eigenvalue weighted by molar-refractivity contribution is 0.0940. The van der Waals surface area contributed by atoms with E-state index in [1.54, 1.807) is 0 Å². The van der Waals surface area contributed by atoms with E-state index in [1.807, 2.05) is 31.2 Å². The van der Waals surface area contributed by atoms with E-state index in [-0.39, 0.29) is 21.5 Å². The zero-order valence-electron chi connectivity index (χ0n) is 16.8. The molecule has 1 atom stereocenters. The molecule has 0 saturated carbocycles. The van der Waals surface area contributed by atoms with Crippen LogP contribution in [-0.4, -0.2) is 31.7 Å². The van der Waals surface area contributed by atoms with E-state index in [4.69, 9.17) is 11.6 Å². The first-order valence-corrected chi connectivity index (χ1v) is 11.8. The van der Waals surface area contributed by atoms with Crippen LogP contribution in [0.15, 0.2) is 47.4 Å². The van der Waals surface area contributed by atoms with Gasteiger partial charge in [0.15, 0.2) is 0 Å². The van der Waals surface area contributed by atoms with Crippen LogP contribution in [0.25, 0.3) is 0 Å². The third kappa shape index (κ3) is 5.00. The molecule has 2 aromatic rings. The van der Waals surface area contributed by atoms with Crippen LogP contribution in [-0.2, 0) is 16.4 Å². The molecule has 29 heavy (non-hydrogen) atoms. The molecule has 3 rings (SSSR count). The van der Waals surface area contributed by atoms with Gasteiger partial charge in [-0.15, -0.1) is 0 Å². The van der Waals surface area contributed by atoms with Crippen LogP contribution < -0.4 is 5.32 Å². The van der Waals surface area contributed by atoms with Crippen molar-refractivity contribution in [1.82, 2.24) is 9.62 Å². The molecule has 1 fully saturated rings. The van der Waals surface area contributed by atoms with Crippen molar-refractivity contribution < 1.29 is 13.2 Å². The predicted molar refractivity (Wildman–Crippen MR) is 116 cm³/mol. The van der Waals surface area contributed by atoms with Gasteiger partial charge in [0.25, 0.3) is 5.91 Å². The number of piperidine rings is 1. The summed E-state index contributed by atoms with van der Waals surface area (Å²) in [4.78, 5) is 12.9. The summed E-state index contributed by atoms with van der Waals surface area (Å²) in [6, 6.07) is 12.2. The summed E-state index contributed by atoms with van der Waals surface area (Å²) in [7, 11) is -3.63. The molecule has 0 radical (unpaired) electrons. The molecule has 0 spiro atoms. The van der Waals surface area contributed by atoms with Crippen LogP contribution in [0.3, 0.4) is 0 Å². The number of amides is 1. The molecule has 156 valence electrons. The molecule has 1 unspecified atom stereocenters. The first-order chi connectivity index (χ1) is 13.8. The van der Waals surface area contributed by atoms with E-state index in [1.165, 1.54) is 28.1 Å². The number of carbonyl (C=O) groups is 1. The third-order valence-electron chi connectivity index (χ3n) is 5.37. The van der Waals surface area contributed by atoms with Gasteiger partial charge in [-0.3, -0.25) is 4.79 Å². The van der Waals surface area contributed by atoms with E-state index in [9.17, 15) is 13.2 Å². The average molecular weight is 435 g/mol. The fraction of sp³-hybridized carbons (Fsp3) is 0.409. The van der Waals surface area contributed by atoms with Crippen molar-refractivity contribution in [2.45, 2.75) is 50.5 Å². The maximum absolute atomic E-state index is 12.9. The first-order valence-electron chi connectivity index (χ1n) is 10.0. The van der Waals surface area contributed by atoms with Gasteiger partial charge in [0.05, 0.1) is 21.5 Å². The molecule has 1 saturated heterocycles. The molecule has 5 nitrogen and oxygen atoms in total. The van der Waals surface area contributed by atoms with E-state index in [0.717, 1.165) is 31.2 Å². The number of benzene rings is 2. The summed E-state index contributed by atoms with van der Waals surface area (Å²) in [5.41, 5.74) is 2.37. The quantitative estimate of drug-likeness (QED) is 0.724. The summed E-state index contributed by atoms with van der Waals surface area (Å²) in [6.07, 6.45) is 3.70. The second kappa shape index (κ2) is 9.28. The second-order valence-corrected chi connectivity index (χ2v) is 9.74. The minimum absolute atomic E-state index is 0.105. The Balaban J connectivity index is 1.80. The summed E-state index contributed by atoms with van der Waals surface area (Å²) in [5, 5.41) is 3.15. The molecule has 1 aliphatic heterocycles. The van der Waals surface area contributed by atoms with Gasteiger partial charge in [0.1, 0.15) is 0 Å². The molecule has 2 aromatic carbocycles. The normalized spacial score (nSPS) is 16.4. The zero-order chi connectivity index (χ0) is 21.0. The number of rotatable bonds is 6. The Hall–Kier alpha value is -1.89. The highest BCUT2D eigenvalue weighted by Gasteiger charge is 2.27. The van der Waals surface area contributed by atoms with Gasteiger partial charge in [-0.2, -0.15) is 4.31 Å². The van der Waals surface area contributed by atoms with Crippen LogP contribution >= 0.6 is 11.6 Å². The van der Waals surface area contributed by atoms with Gasteiger partial charge in [-0.1, -0.05) is 49.2 Å². The lowest BCUT2D eigenvalue weighted by Gasteiger charge is -2.26. The Labute approximate surface area is 178 Å². The summed E-state index contributed by atoms with van der Waals surface area (Å²) >= 11 is 6.23. The molecule has 0 aliphatic carbocycles. The SMILES string of the molecule is CCc1ccc(C(C)NC(=O)c2cc(S(=O)(=O)N3CCCCC3)ccc2Cl)cc1. The van der Waals surface area contributed by atoms with E-state index in [0.29, 0.717) is 13.1 Å². The van der Waals surface area contributed by atoms with Crippen LogP contribution in [0.1, 0.15) is 60.6 Å². The Morgan fingerprint density at radius 1 is 1.10 bits per heavy atom. The highest BCUT2D eigenvalue weighted by atomic mass is 35.5. The number of hydrogen-bond acceptors (Lipinski definition) is 3. The van der Waals surface area contributed by atoms with Crippen molar-refractivity contribution in [3.05, 3.63) is 64.2 Å². The van der Waals surface area contributed by atoms with Crippen molar-refractivity contribution in [2.75, 3.05) is 13.1 Å². The largest absolute Gasteiger partial charge is 0.345 e. The Kier molecular flexibility index (Phi) is 6.98. The molecule has 1 aliphatic rings. The van der Waals surface area contributed by atoms with Gasteiger partial charge in [0.2, 0.25) is 10.0 Å². The molecule has 1 heterocycles. The zero-order valence-corrected chi connectivity index (χ0v) is 18.4. The van der Waals surface area contributed by atoms with Gasteiger partial charge in [0, 0.05) is 13.1 Å². The van der Waals surface area contributed by atoms with Crippen LogP contribution in [0.5, 0.6) is 0 Å². The van der Waals surface area contributed by atoms with Gasteiger partial charge in [-0.05, 0) is 55.5 Å². The Morgan fingerprint density at radius 3 is 2.38 bits per heavy atom. The highest BCUT2D eigenvalue weighted by molar-refractivity contribution is 7.89. The van der Waals surface area contributed by atoms with Crippen molar-refractivity contribution >= 4 is 27.5 Å². The van der Waals surface area contributed by atoms with Gasteiger partial charge in [-0.25, -0.2) is 8.42 Å². The molecule has 0 aromatic heterocycles. The number of hydrogen-bond donors (Lipinski definition) is 1. The predicted octanol–water partition coefficient (Wildman–Crippen LogP) is 4.57. The van der Waals surface area contributed by atoms with Gasteiger partial charge >= 0.3 is 0 Å². The number of halogens is 1. The Morgan fingerprint density at radius 2 is 1.76 bits per heavy atom. The van der Waals surface area contributed by atoms with E-state index in [2.05, 4.69) is 12.2 Å². The van der Waals surface area contributed by atoms with E-state index < -0.39 is 15.9 Å². The van der Waals surface area contributed by atoms with Crippen LogP contribution in [0.2, 0.25) is 5.02 Å².